The first-order valence-corrected chi connectivity index (χ1v) is 4.99. The zero-order valence-corrected chi connectivity index (χ0v) is 9.36. The van der Waals surface area contributed by atoms with E-state index in [0.717, 1.165) is 26.6 Å². The third-order valence-electron chi connectivity index (χ3n) is 1.29. The largest absolute Gasteiger partial charge is 0.481 e. The predicted octanol–water partition coefficient (Wildman–Crippen LogP) is 1.76. The highest BCUT2D eigenvalue weighted by Gasteiger charge is 1.94. The Labute approximate surface area is 90.1 Å². The molecular weight excluding hydrogens is 200 g/mol. The second-order valence-electron chi connectivity index (χ2n) is 2.98. The molecule has 1 aliphatic heterocycles. The number of aliphatic carboxylic acids is 2. The lowest BCUT2D eigenvalue weighted by Crippen LogP contribution is -1.90. The van der Waals surface area contributed by atoms with Gasteiger partial charge >= 0.3 is 5.97 Å². The standard InChI is InChI=1S/C4H8O2.C4H8O.C2H4O2/c1-2-3-4(5)6;1-2-4-5-3-1;1-2(3)4/h2-3H2,1H3,(H,5,6);1-4H2;1H3,(H,3,4). The number of carboxylic acids is 2. The zero-order valence-electron chi connectivity index (χ0n) is 9.36. The van der Waals surface area contributed by atoms with E-state index < -0.39 is 11.9 Å². The summed E-state index contributed by atoms with van der Waals surface area (Å²) in [5.41, 5.74) is 0. The van der Waals surface area contributed by atoms with Crippen LogP contribution in [0, 0.1) is 0 Å². The Kier molecular flexibility index (Phi) is 14.0. The van der Waals surface area contributed by atoms with E-state index >= 15 is 0 Å². The van der Waals surface area contributed by atoms with Gasteiger partial charge < -0.3 is 14.9 Å². The minimum absolute atomic E-state index is 0.292. The van der Waals surface area contributed by atoms with Crippen molar-refractivity contribution in [1.82, 2.24) is 0 Å². The number of rotatable bonds is 2. The van der Waals surface area contributed by atoms with Crippen LogP contribution >= 0.6 is 0 Å². The van der Waals surface area contributed by atoms with Gasteiger partial charge in [-0.15, -0.1) is 0 Å². The van der Waals surface area contributed by atoms with Crippen LogP contribution in [0.4, 0.5) is 0 Å². The number of hydrogen-bond acceptors (Lipinski definition) is 3. The van der Waals surface area contributed by atoms with E-state index in [1.807, 2.05) is 6.92 Å². The van der Waals surface area contributed by atoms with Crippen LogP contribution in [-0.4, -0.2) is 35.4 Å². The van der Waals surface area contributed by atoms with Gasteiger partial charge in [-0.25, -0.2) is 0 Å². The quantitative estimate of drug-likeness (QED) is 0.740. The van der Waals surface area contributed by atoms with E-state index in [2.05, 4.69) is 0 Å². The monoisotopic (exact) mass is 220 g/mol. The third kappa shape index (κ3) is 32.2. The lowest BCUT2D eigenvalue weighted by Gasteiger charge is -1.79. The van der Waals surface area contributed by atoms with E-state index in [-0.39, 0.29) is 0 Å². The summed E-state index contributed by atoms with van der Waals surface area (Å²) in [7, 11) is 0. The molecular formula is C10H20O5. The summed E-state index contributed by atoms with van der Waals surface area (Å²) in [4.78, 5) is 18.6. The molecule has 5 heteroatoms. The second-order valence-corrected chi connectivity index (χ2v) is 2.98. The molecule has 90 valence electrons. The van der Waals surface area contributed by atoms with Crippen molar-refractivity contribution in [2.24, 2.45) is 0 Å². The normalized spacial score (nSPS) is 12.9. The maximum Gasteiger partial charge on any atom is 0.303 e. The minimum atomic E-state index is -0.833. The summed E-state index contributed by atoms with van der Waals surface area (Å²) in [6.07, 6.45) is 3.58. The third-order valence-corrected chi connectivity index (χ3v) is 1.29. The van der Waals surface area contributed by atoms with Crippen LogP contribution in [0.25, 0.3) is 0 Å². The first kappa shape index (κ1) is 16.3. The molecule has 1 fully saturated rings. The lowest BCUT2D eigenvalue weighted by molar-refractivity contribution is -0.137. The van der Waals surface area contributed by atoms with E-state index in [0.29, 0.717) is 6.42 Å². The maximum absolute atomic E-state index is 9.60. The second kappa shape index (κ2) is 12.9. The Bertz CT molecular complexity index is 152. The van der Waals surface area contributed by atoms with Gasteiger partial charge in [0.15, 0.2) is 0 Å². The molecule has 0 radical (unpaired) electrons. The lowest BCUT2D eigenvalue weighted by atomic mass is 10.4. The van der Waals surface area contributed by atoms with Crippen LogP contribution in [0.3, 0.4) is 0 Å². The summed E-state index contributed by atoms with van der Waals surface area (Å²) in [6, 6.07) is 0. The molecule has 0 atom stereocenters. The molecule has 0 aromatic rings. The van der Waals surface area contributed by atoms with Crippen molar-refractivity contribution in [1.29, 1.82) is 0 Å². The average molecular weight is 220 g/mol. The molecule has 0 saturated carbocycles. The van der Waals surface area contributed by atoms with E-state index in [9.17, 15) is 4.79 Å². The molecule has 0 unspecified atom stereocenters. The Hall–Kier alpha value is -1.10. The van der Waals surface area contributed by atoms with Gasteiger partial charge in [-0.3, -0.25) is 9.59 Å². The van der Waals surface area contributed by atoms with Crippen molar-refractivity contribution in [3.8, 4) is 0 Å². The average Bonchev–Trinajstić information content (AvgIpc) is 2.58. The molecule has 2 N–H and O–H groups in total. The summed E-state index contributed by atoms with van der Waals surface area (Å²) >= 11 is 0. The molecule has 15 heavy (non-hydrogen) atoms. The Morgan fingerprint density at radius 2 is 1.60 bits per heavy atom. The molecule has 5 nitrogen and oxygen atoms in total. The topological polar surface area (TPSA) is 83.8 Å². The summed E-state index contributed by atoms with van der Waals surface area (Å²) < 4.78 is 4.94. The molecule has 0 aromatic heterocycles. The van der Waals surface area contributed by atoms with Gasteiger partial charge in [-0.2, -0.15) is 0 Å². The van der Waals surface area contributed by atoms with Crippen LogP contribution in [0.1, 0.15) is 39.5 Å². The van der Waals surface area contributed by atoms with Crippen molar-refractivity contribution >= 4 is 11.9 Å². The fourth-order valence-electron chi connectivity index (χ4n) is 0.724. The minimum Gasteiger partial charge on any atom is -0.481 e. The molecule has 0 spiro atoms. The molecule has 1 saturated heterocycles. The summed E-state index contributed by atoms with van der Waals surface area (Å²) in [5, 5.41) is 15.3. The molecule has 0 amide bonds. The van der Waals surface area contributed by atoms with Crippen LogP contribution in [0.5, 0.6) is 0 Å². The zero-order chi connectivity index (χ0) is 12.1. The molecule has 1 heterocycles. The highest BCUT2D eigenvalue weighted by molar-refractivity contribution is 5.66. The highest BCUT2D eigenvalue weighted by atomic mass is 16.5. The molecule has 0 aliphatic carbocycles. The SMILES string of the molecule is C1CCOC1.CC(=O)O.CCCC(=O)O. The van der Waals surface area contributed by atoms with Crippen molar-refractivity contribution < 1.29 is 24.5 Å². The fourth-order valence-corrected chi connectivity index (χ4v) is 0.724. The van der Waals surface area contributed by atoms with E-state index in [1.165, 1.54) is 12.8 Å². The number of ether oxygens (including phenoxy) is 1. The van der Waals surface area contributed by atoms with Crippen molar-refractivity contribution in [2.45, 2.75) is 39.5 Å². The Balaban J connectivity index is 0. The van der Waals surface area contributed by atoms with Gasteiger partial charge in [0, 0.05) is 26.6 Å². The molecule has 0 aromatic carbocycles. The first-order chi connectivity index (χ1) is 7.00. The number of hydrogen-bond donors (Lipinski definition) is 2. The van der Waals surface area contributed by atoms with Gasteiger partial charge in [-0.1, -0.05) is 6.92 Å². The van der Waals surface area contributed by atoms with Gasteiger partial charge in [0.2, 0.25) is 0 Å². The van der Waals surface area contributed by atoms with Crippen LogP contribution in [0.15, 0.2) is 0 Å². The first-order valence-electron chi connectivity index (χ1n) is 4.99. The number of carboxylic acid groups (broad SMARTS) is 2. The summed E-state index contributed by atoms with van der Waals surface area (Å²) in [5.74, 6) is -1.54. The smallest absolute Gasteiger partial charge is 0.303 e. The van der Waals surface area contributed by atoms with Crippen molar-refractivity contribution in [3.05, 3.63) is 0 Å². The molecule has 0 bridgehead atoms. The van der Waals surface area contributed by atoms with Crippen LogP contribution < -0.4 is 0 Å². The fraction of sp³-hybridized carbons (Fsp3) is 0.800. The number of carbonyl (C=O) groups is 2. The Morgan fingerprint density at radius 3 is 1.67 bits per heavy atom. The molecule has 1 aliphatic rings. The van der Waals surface area contributed by atoms with E-state index in [1.54, 1.807) is 0 Å². The maximum atomic E-state index is 9.60. The van der Waals surface area contributed by atoms with Gasteiger partial charge in [0.25, 0.3) is 5.97 Å². The molecule has 1 rings (SSSR count). The highest BCUT2D eigenvalue weighted by Crippen LogP contribution is 1.98. The van der Waals surface area contributed by atoms with E-state index in [4.69, 9.17) is 19.7 Å². The summed E-state index contributed by atoms with van der Waals surface area (Å²) in [6.45, 7) is 4.92. The van der Waals surface area contributed by atoms with Gasteiger partial charge in [0.1, 0.15) is 0 Å². The van der Waals surface area contributed by atoms with Crippen molar-refractivity contribution in [3.63, 3.8) is 0 Å². The van der Waals surface area contributed by atoms with Gasteiger partial charge in [0.05, 0.1) is 0 Å². The Morgan fingerprint density at radius 1 is 1.20 bits per heavy atom. The van der Waals surface area contributed by atoms with Crippen molar-refractivity contribution in [2.75, 3.05) is 13.2 Å². The van der Waals surface area contributed by atoms with Crippen LogP contribution in [-0.2, 0) is 14.3 Å². The van der Waals surface area contributed by atoms with Gasteiger partial charge in [-0.05, 0) is 19.3 Å². The van der Waals surface area contributed by atoms with Crippen LogP contribution in [0.2, 0.25) is 0 Å². The predicted molar refractivity (Wildman–Crippen MR) is 55.9 cm³/mol.